The first-order chi connectivity index (χ1) is 9.54. The van der Waals surface area contributed by atoms with E-state index in [1.165, 1.54) is 22.0 Å². The molecule has 2 heteroatoms. The molecule has 3 rings (SSSR count). The fourth-order valence-electron chi connectivity index (χ4n) is 2.49. The Hall–Kier alpha value is -2.09. The van der Waals surface area contributed by atoms with Crippen LogP contribution in [0.25, 0.3) is 10.9 Å². The van der Waals surface area contributed by atoms with Crippen LogP contribution in [0.2, 0.25) is 0 Å². The second-order valence-electron chi connectivity index (χ2n) is 6.33. The van der Waals surface area contributed by atoms with Gasteiger partial charge in [0, 0.05) is 30.7 Å². The van der Waals surface area contributed by atoms with Crippen LogP contribution in [-0.2, 0) is 12.0 Å². The molecule has 0 N–H and O–H groups in total. The van der Waals surface area contributed by atoms with Crippen LogP contribution in [0.5, 0.6) is 0 Å². The molecule has 0 spiro atoms. The molecule has 0 aliphatic rings. The highest BCUT2D eigenvalue weighted by atomic mass is 15.0. The van der Waals surface area contributed by atoms with E-state index < -0.39 is 0 Å². The average Bonchev–Trinajstić information content (AvgIpc) is 2.81. The summed E-state index contributed by atoms with van der Waals surface area (Å²) in [4.78, 5) is 4.18. The topological polar surface area (TPSA) is 17.8 Å². The highest BCUT2D eigenvalue weighted by Gasteiger charge is 2.14. The first-order valence-corrected chi connectivity index (χ1v) is 7.02. The van der Waals surface area contributed by atoms with Gasteiger partial charge in [0.1, 0.15) is 0 Å². The number of benzene rings is 1. The zero-order valence-electron chi connectivity index (χ0n) is 12.3. The molecule has 0 fully saturated rings. The van der Waals surface area contributed by atoms with E-state index in [4.69, 9.17) is 0 Å². The summed E-state index contributed by atoms with van der Waals surface area (Å²) >= 11 is 0. The average molecular weight is 264 g/mol. The van der Waals surface area contributed by atoms with Gasteiger partial charge in [0.05, 0.1) is 0 Å². The van der Waals surface area contributed by atoms with E-state index in [0.717, 1.165) is 6.54 Å². The van der Waals surface area contributed by atoms with E-state index in [0.29, 0.717) is 0 Å². The Morgan fingerprint density at radius 2 is 1.95 bits per heavy atom. The van der Waals surface area contributed by atoms with Gasteiger partial charge in [0.2, 0.25) is 0 Å². The van der Waals surface area contributed by atoms with Gasteiger partial charge in [-0.3, -0.25) is 4.98 Å². The molecule has 1 aromatic carbocycles. The third kappa shape index (κ3) is 2.46. The van der Waals surface area contributed by atoms with Crippen molar-refractivity contribution >= 4 is 10.9 Å². The van der Waals surface area contributed by atoms with Crippen LogP contribution in [0.3, 0.4) is 0 Å². The van der Waals surface area contributed by atoms with E-state index in [2.05, 4.69) is 66.9 Å². The molecule has 0 unspecified atom stereocenters. The molecular formula is C18H20N2. The van der Waals surface area contributed by atoms with Gasteiger partial charge in [-0.15, -0.1) is 0 Å². The van der Waals surface area contributed by atoms with Gasteiger partial charge in [-0.05, 0) is 46.2 Å². The van der Waals surface area contributed by atoms with Crippen molar-refractivity contribution < 1.29 is 0 Å². The predicted octanol–water partition coefficient (Wildman–Crippen LogP) is 4.38. The predicted molar refractivity (Wildman–Crippen MR) is 84.0 cm³/mol. The lowest BCUT2D eigenvalue weighted by molar-refractivity contribution is 0.591. The smallest absolute Gasteiger partial charge is 0.0491 e. The Morgan fingerprint density at radius 3 is 2.65 bits per heavy atom. The SMILES string of the molecule is CC(C)(C)c1ccc2c(ccn2Cc2cccnc2)c1. The zero-order valence-corrected chi connectivity index (χ0v) is 12.3. The Labute approximate surface area is 120 Å². The Morgan fingerprint density at radius 1 is 1.10 bits per heavy atom. The molecule has 2 heterocycles. The molecule has 0 bridgehead atoms. The number of hydrogen-bond acceptors (Lipinski definition) is 1. The lowest BCUT2D eigenvalue weighted by Gasteiger charge is -2.19. The number of hydrogen-bond donors (Lipinski definition) is 0. The maximum atomic E-state index is 4.18. The molecule has 0 saturated carbocycles. The summed E-state index contributed by atoms with van der Waals surface area (Å²) < 4.78 is 2.28. The minimum absolute atomic E-state index is 0.194. The van der Waals surface area contributed by atoms with Gasteiger partial charge in [-0.1, -0.05) is 32.9 Å². The van der Waals surface area contributed by atoms with Crippen LogP contribution in [0.4, 0.5) is 0 Å². The lowest BCUT2D eigenvalue weighted by Crippen LogP contribution is -2.10. The van der Waals surface area contributed by atoms with Crippen LogP contribution < -0.4 is 0 Å². The first-order valence-electron chi connectivity index (χ1n) is 7.02. The first kappa shape index (κ1) is 12.9. The summed E-state index contributed by atoms with van der Waals surface area (Å²) in [5, 5.41) is 1.31. The second kappa shape index (κ2) is 4.78. The molecular weight excluding hydrogens is 244 g/mol. The lowest BCUT2D eigenvalue weighted by atomic mass is 9.86. The summed E-state index contributed by atoms with van der Waals surface area (Å²) in [5.41, 5.74) is 4.08. The van der Waals surface area contributed by atoms with Crippen molar-refractivity contribution in [3.8, 4) is 0 Å². The minimum Gasteiger partial charge on any atom is -0.343 e. The summed E-state index contributed by atoms with van der Waals surface area (Å²) in [6.07, 6.45) is 5.90. The Balaban J connectivity index is 1.98. The van der Waals surface area contributed by atoms with E-state index >= 15 is 0 Å². The summed E-state index contributed by atoms with van der Waals surface area (Å²) in [7, 11) is 0. The highest BCUT2D eigenvalue weighted by molar-refractivity contribution is 5.81. The normalized spacial score (nSPS) is 11.9. The molecule has 0 aliphatic heterocycles. The van der Waals surface area contributed by atoms with E-state index in [9.17, 15) is 0 Å². The number of pyridine rings is 1. The van der Waals surface area contributed by atoms with E-state index in [1.54, 1.807) is 0 Å². The molecule has 0 atom stereocenters. The van der Waals surface area contributed by atoms with Crippen molar-refractivity contribution in [2.75, 3.05) is 0 Å². The maximum Gasteiger partial charge on any atom is 0.0491 e. The molecule has 0 radical (unpaired) electrons. The summed E-state index contributed by atoms with van der Waals surface area (Å²) in [5.74, 6) is 0. The van der Waals surface area contributed by atoms with Gasteiger partial charge < -0.3 is 4.57 Å². The van der Waals surface area contributed by atoms with Crippen LogP contribution >= 0.6 is 0 Å². The largest absolute Gasteiger partial charge is 0.343 e. The van der Waals surface area contributed by atoms with Crippen molar-refractivity contribution in [2.45, 2.75) is 32.7 Å². The van der Waals surface area contributed by atoms with Crippen molar-refractivity contribution in [1.82, 2.24) is 9.55 Å². The minimum atomic E-state index is 0.194. The maximum absolute atomic E-state index is 4.18. The fraction of sp³-hybridized carbons (Fsp3) is 0.278. The van der Waals surface area contributed by atoms with Crippen LogP contribution in [0.1, 0.15) is 31.9 Å². The van der Waals surface area contributed by atoms with Crippen molar-refractivity contribution in [3.05, 3.63) is 66.1 Å². The van der Waals surface area contributed by atoms with Crippen LogP contribution in [-0.4, -0.2) is 9.55 Å². The summed E-state index contributed by atoms with van der Waals surface area (Å²) in [6, 6.07) is 13.1. The van der Waals surface area contributed by atoms with Crippen LogP contribution in [0.15, 0.2) is 55.0 Å². The molecule has 0 amide bonds. The third-order valence-electron chi connectivity index (χ3n) is 3.71. The fourth-order valence-corrected chi connectivity index (χ4v) is 2.49. The van der Waals surface area contributed by atoms with E-state index in [-0.39, 0.29) is 5.41 Å². The molecule has 0 saturated heterocycles. The highest BCUT2D eigenvalue weighted by Crippen LogP contribution is 2.26. The van der Waals surface area contributed by atoms with Crippen LogP contribution in [0, 0.1) is 0 Å². The monoisotopic (exact) mass is 264 g/mol. The Kier molecular flexibility index (Phi) is 3.09. The van der Waals surface area contributed by atoms with Crippen molar-refractivity contribution in [1.29, 1.82) is 0 Å². The number of rotatable bonds is 2. The standard InChI is InChI=1S/C18H20N2/c1-18(2,3)16-6-7-17-15(11-16)8-10-20(17)13-14-5-4-9-19-12-14/h4-12H,13H2,1-3H3. The van der Waals surface area contributed by atoms with Gasteiger partial charge in [0.15, 0.2) is 0 Å². The third-order valence-corrected chi connectivity index (χ3v) is 3.71. The molecule has 2 nitrogen and oxygen atoms in total. The second-order valence-corrected chi connectivity index (χ2v) is 6.33. The quantitative estimate of drug-likeness (QED) is 0.671. The van der Waals surface area contributed by atoms with Gasteiger partial charge in [-0.2, -0.15) is 0 Å². The molecule has 3 aromatic rings. The zero-order chi connectivity index (χ0) is 14.2. The van der Waals surface area contributed by atoms with E-state index in [1.807, 2.05) is 18.5 Å². The molecule has 2 aromatic heterocycles. The molecule has 20 heavy (non-hydrogen) atoms. The Bertz CT molecular complexity index is 718. The summed E-state index contributed by atoms with van der Waals surface area (Å²) in [6.45, 7) is 7.62. The van der Waals surface area contributed by atoms with Gasteiger partial charge in [-0.25, -0.2) is 0 Å². The van der Waals surface area contributed by atoms with Gasteiger partial charge >= 0.3 is 0 Å². The van der Waals surface area contributed by atoms with Gasteiger partial charge in [0.25, 0.3) is 0 Å². The number of aromatic nitrogens is 2. The molecule has 0 aliphatic carbocycles. The number of nitrogens with zero attached hydrogens (tertiary/aromatic N) is 2. The molecule has 102 valence electrons. The van der Waals surface area contributed by atoms with Crippen molar-refractivity contribution in [2.24, 2.45) is 0 Å². The number of fused-ring (bicyclic) bond motifs is 1. The van der Waals surface area contributed by atoms with Crippen molar-refractivity contribution in [3.63, 3.8) is 0 Å².